The lowest BCUT2D eigenvalue weighted by Gasteiger charge is -2.15. The van der Waals surface area contributed by atoms with Gasteiger partial charge in [0.1, 0.15) is 11.5 Å². The first kappa shape index (κ1) is 24.3. The van der Waals surface area contributed by atoms with E-state index < -0.39 is 0 Å². The summed E-state index contributed by atoms with van der Waals surface area (Å²) in [6.07, 6.45) is 10.5. The highest BCUT2D eigenvalue weighted by Gasteiger charge is 2.12. The van der Waals surface area contributed by atoms with Gasteiger partial charge in [-0.1, -0.05) is 95.9 Å². The maximum atomic E-state index is 6.04. The predicted octanol–water partition coefficient (Wildman–Crippen LogP) is 8.67. The zero-order valence-electron chi connectivity index (χ0n) is 17.8. The molecule has 0 spiro atoms. The quantitative estimate of drug-likeness (QED) is 0.181. The molecule has 0 unspecified atom stereocenters. The molecule has 0 aliphatic heterocycles. The molecule has 29 heavy (non-hydrogen) atoms. The maximum absolute atomic E-state index is 6.04. The van der Waals surface area contributed by atoms with Crippen molar-refractivity contribution in [2.24, 2.45) is 0 Å². The van der Waals surface area contributed by atoms with Gasteiger partial charge in [-0.3, -0.25) is 0 Å². The number of rotatable bonds is 14. The number of methoxy groups -OCH3 is 1. The van der Waals surface area contributed by atoms with Crippen LogP contribution in [0.4, 0.5) is 0 Å². The highest BCUT2D eigenvalue weighted by Crippen LogP contribution is 2.34. The lowest BCUT2D eigenvalue weighted by Crippen LogP contribution is -1.98. The molecule has 0 saturated heterocycles. The van der Waals surface area contributed by atoms with Gasteiger partial charge in [0.05, 0.1) is 13.7 Å². The molecule has 0 aliphatic rings. The Morgan fingerprint density at radius 1 is 0.793 bits per heavy atom. The van der Waals surface area contributed by atoms with Gasteiger partial charge in [0.15, 0.2) is 0 Å². The van der Waals surface area contributed by atoms with Crippen molar-refractivity contribution in [1.29, 1.82) is 0 Å². The second kappa shape index (κ2) is 14.1. The fraction of sp³-hybridized carbons (Fsp3) is 0.520. The van der Waals surface area contributed by atoms with Crippen LogP contribution in [0, 0.1) is 0 Å². The minimum atomic E-state index is 0.764. The van der Waals surface area contributed by atoms with E-state index in [2.05, 4.69) is 75.2 Å². The summed E-state index contributed by atoms with van der Waals surface area (Å²) in [5.41, 5.74) is 4.76. The van der Waals surface area contributed by atoms with Crippen molar-refractivity contribution in [1.82, 2.24) is 0 Å². The molecule has 0 bridgehead atoms. The van der Waals surface area contributed by atoms with E-state index in [0.717, 1.165) is 40.8 Å². The van der Waals surface area contributed by atoms with Crippen LogP contribution in [-0.2, 0) is 10.7 Å². The molecule has 0 atom stereocenters. The van der Waals surface area contributed by atoms with Crippen molar-refractivity contribution in [3.63, 3.8) is 0 Å². The molecule has 0 heterocycles. The lowest BCUT2D eigenvalue weighted by molar-refractivity contribution is 0.304. The molecular formula is C25H34Br2O2. The molecule has 4 heteroatoms. The Balaban J connectivity index is 1.92. The van der Waals surface area contributed by atoms with Crippen molar-refractivity contribution < 1.29 is 9.47 Å². The molecule has 2 rings (SSSR count). The SMILES string of the molecule is CCCCCCCCCCOc1cccc(-c2cc(CBr)c(OC)cc2CBr)c1. The third kappa shape index (κ3) is 7.97. The number of unbranched alkanes of at least 4 members (excludes halogenated alkanes) is 7. The van der Waals surface area contributed by atoms with Crippen LogP contribution in [0.1, 0.15) is 69.4 Å². The Hall–Kier alpha value is -1.00. The topological polar surface area (TPSA) is 18.5 Å². The zero-order valence-corrected chi connectivity index (χ0v) is 21.0. The highest BCUT2D eigenvalue weighted by atomic mass is 79.9. The van der Waals surface area contributed by atoms with Crippen molar-refractivity contribution in [2.45, 2.75) is 69.0 Å². The summed E-state index contributed by atoms with van der Waals surface area (Å²) < 4.78 is 11.6. The Morgan fingerprint density at radius 2 is 1.48 bits per heavy atom. The van der Waals surface area contributed by atoms with E-state index in [1.807, 2.05) is 0 Å². The van der Waals surface area contributed by atoms with Gasteiger partial charge in [-0.2, -0.15) is 0 Å². The number of ether oxygens (including phenoxy) is 2. The van der Waals surface area contributed by atoms with Crippen LogP contribution in [-0.4, -0.2) is 13.7 Å². The first-order valence-electron chi connectivity index (χ1n) is 10.8. The van der Waals surface area contributed by atoms with Gasteiger partial charge < -0.3 is 9.47 Å². The summed E-state index contributed by atoms with van der Waals surface area (Å²) in [5, 5.41) is 1.55. The van der Waals surface area contributed by atoms with Crippen LogP contribution in [0.15, 0.2) is 36.4 Å². The average Bonchev–Trinajstić information content (AvgIpc) is 2.77. The molecule has 0 N–H and O–H groups in total. The van der Waals surface area contributed by atoms with Gasteiger partial charge in [-0.05, 0) is 47.4 Å². The molecular weight excluding hydrogens is 492 g/mol. The van der Waals surface area contributed by atoms with Crippen LogP contribution in [0.2, 0.25) is 0 Å². The van der Waals surface area contributed by atoms with Crippen LogP contribution >= 0.6 is 31.9 Å². The minimum absolute atomic E-state index is 0.764. The number of alkyl halides is 2. The minimum Gasteiger partial charge on any atom is -0.496 e. The first-order valence-corrected chi connectivity index (χ1v) is 13.0. The predicted molar refractivity (Wildman–Crippen MR) is 132 cm³/mol. The molecule has 160 valence electrons. The molecule has 2 aromatic carbocycles. The average molecular weight is 526 g/mol. The van der Waals surface area contributed by atoms with Gasteiger partial charge in [0.2, 0.25) is 0 Å². The standard InChI is InChI=1S/C25H34Br2O2/c1-3-4-5-6-7-8-9-10-14-29-23-13-11-12-20(15-23)24-16-22(19-27)25(28-2)17-21(24)18-26/h11-13,15-17H,3-10,14,18-19H2,1-2H3. The Morgan fingerprint density at radius 3 is 2.14 bits per heavy atom. The molecule has 0 saturated carbocycles. The number of benzene rings is 2. The Labute approximate surface area is 193 Å². The Kier molecular flexibility index (Phi) is 11.8. The lowest BCUT2D eigenvalue weighted by atomic mass is 9.97. The fourth-order valence-electron chi connectivity index (χ4n) is 3.52. The van der Waals surface area contributed by atoms with Gasteiger partial charge in [0.25, 0.3) is 0 Å². The van der Waals surface area contributed by atoms with E-state index in [-0.39, 0.29) is 0 Å². The van der Waals surface area contributed by atoms with E-state index in [1.165, 1.54) is 61.6 Å². The molecule has 0 aliphatic carbocycles. The van der Waals surface area contributed by atoms with Crippen molar-refractivity contribution in [2.75, 3.05) is 13.7 Å². The number of hydrogen-bond acceptors (Lipinski definition) is 2. The van der Waals surface area contributed by atoms with Crippen molar-refractivity contribution in [3.05, 3.63) is 47.5 Å². The Bertz CT molecular complexity index is 731. The van der Waals surface area contributed by atoms with Crippen LogP contribution in [0.3, 0.4) is 0 Å². The largest absolute Gasteiger partial charge is 0.496 e. The van der Waals surface area contributed by atoms with E-state index in [4.69, 9.17) is 9.47 Å². The van der Waals surface area contributed by atoms with Crippen LogP contribution < -0.4 is 9.47 Å². The summed E-state index contributed by atoms with van der Waals surface area (Å²) in [5.74, 6) is 1.87. The van der Waals surface area contributed by atoms with E-state index in [0.29, 0.717) is 0 Å². The number of halogens is 2. The van der Waals surface area contributed by atoms with Crippen LogP contribution in [0.5, 0.6) is 11.5 Å². The second-order valence-corrected chi connectivity index (χ2v) is 8.56. The van der Waals surface area contributed by atoms with Gasteiger partial charge in [0, 0.05) is 16.2 Å². The summed E-state index contributed by atoms with van der Waals surface area (Å²) in [6.45, 7) is 3.06. The smallest absolute Gasteiger partial charge is 0.123 e. The van der Waals surface area contributed by atoms with E-state index in [1.54, 1.807) is 7.11 Å². The third-order valence-electron chi connectivity index (χ3n) is 5.21. The van der Waals surface area contributed by atoms with Crippen LogP contribution in [0.25, 0.3) is 11.1 Å². The van der Waals surface area contributed by atoms with Gasteiger partial charge in [-0.15, -0.1) is 0 Å². The molecule has 0 radical (unpaired) electrons. The summed E-state index contributed by atoms with van der Waals surface area (Å²) in [4.78, 5) is 0. The summed E-state index contributed by atoms with van der Waals surface area (Å²) in [6, 6.07) is 12.8. The summed E-state index contributed by atoms with van der Waals surface area (Å²) >= 11 is 7.19. The van der Waals surface area contributed by atoms with E-state index >= 15 is 0 Å². The van der Waals surface area contributed by atoms with Gasteiger partial charge in [-0.25, -0.2) is 0 Å². The maximum Gasteiger partial charge on any atom is 0.123 e. The molecule has 2 nitrogen and oxygen atoms in total. The monoisotopic (exact) mass is 524 g/mol. The first-order chi connectivity index (χ1) is 14.2. The summed E-state index contributed by atoms with van der Waals surface area (Å²) in [7, 11) is 1.72. The zero-order chi connectivity index (χ0) is 20.9. The molecule has 0 amide bonds. The molecule has 0 fully saturated rings. The molecule has 2 aromatic rings. The van der Waals surface area contributed by atoms with Crippen molar-refractivity contribution in [3.8, 4) is 22.6 Å². The molecule has 0 aromatic heterocycles. The highest BCUT2D eigenvalue weighted by molar-refractivity contribution is 9.08. The normalized spacial score (nSPS) is 10.9. The van der Waals surface area contributed by atoms with Gasteiger partial charge >= 0.3 is 0 Å². The van der Waals surface area contributed by atoms with Crippen molar-refractivity contribution >= 4 is 31.9 Å². The third-order valence-corrected chi connectivity index (χ3v) is 6.41. The number of hydrogen-bond donors (Lipinski definition) is 0. The fourth-order valence-corrected chi connectivity index (χ4v) is 4.42. The second-order valence-electron chi connectivity index (χ2n) is 7.44. The van der Waals surface area contributed by atoms with E-state index in [9.17, 15) is 0 Å².